The number of fused-ring (bicyclic) bond motifs is 1. The van der Waals surface area contributed by atoms with Crippen molar-refractivity contribution in [2.75, 3.05) is 24.7 Å². The number of rotatable bonds is 9. The molecule has 0 aliphatic carbocycles. The van der Waals surface area contributed by atoms with E-state index in [2.05, 4.69) is 4.98 Å². The molecule has 2 heterocycles. The number of phenols is 1. The molecule has 1 aromatic heterocycles. The van der Waals surface area contributed by atoms with E-state index in [-0.39, 0.29) is 28.0 Å². The highest BCUT2D eigenvalue weighted by atomic mass is 32.1. The molecule has 10 heteroatoms. The Hall–Kier alpha value is -4.57. The van der Waals surface area contributed by atoms with Gasteiger partial charge in [-0.1, -0.05) is 17.4 Å². The first-order valence-corrected chi connectivity index (χ1v) is 13.7. The number of hydrogen-bond acceptors (Lipinski definition) is 9. The first kappa shape index (κ1) is 27.0. The third-order valence-corrected chi connectivity index (χ3v) is 7.37. The summed E-state index contributed by atoms with van der Waals surface area (Å²) in [4.78, 5) is 33.0. The zero-order valence-corrected chi connectivity index (χ0v) is 23.0. The molecule has 5 rings (SSSR count). The minimum Gasteiger partial charge on any atom is -0.507 e. The number of hydrogen-bond donors (Lipinski definition) is 2. The minimum atomic E-state index is -1.03. The second-order valence-electron chi connectivity index (χ2n) is 8.85. The van der Waals surface area contributed by atoms with E-state index in [9.17, 15) is 19.8 Å². The van der Waals surface area contributed by atoms with Crippen LogP contribution >= 0.6 is 11.3 Å². The lowest BCUT2D eigenvalue weighted by Gasteiger charge is -2.23. The van der Waals surface area contributed by atoms with Crippen molar-refractivity contribution in [2.45, 2.75) is 26.8 Å². The Morgan fingerprint density at radius 2 is 1.57 bits per heavy atom. The summed E-state index contributed by atoms with van der Waals surface area (Å²) in [6.45, 7) is 6.81. The van der Waals surface area contributed by atoms with Crippen molar-refractivity contribution in [3.63, 3.8) is 0 Å². The third kappa shape index (κ3) is 4.93. The Kier molecular flexibility index (Phi) is 7.61. The van der Waals surface area contributed by atoms with E-state index in [4.69, 9.17) is 14.2 Å². The summed E-state index contributed by atoms with van der Waals surface area (Å²) < 4.78 is 17.4. The molecule has 40 heavy (non-hydrogen) atoms. The molecule has 2 N–H and O–H groups in total. The van der Waals surface area contributed by atoms with E-state index in [0.717, 1.165) is 4.70 Å². The molecule has 1 fully saturated rings. The number of aromatic nitrogens is 1. The molecule has 1 atom stereocenters. The van der Waals surface area contributed by atoms with Crippen LogP contribution in [0.15, 0.2) is 66.2 Å². The van der Waals surface area contributed by atoms with Crippen LogP contribution in [0.25, 0.3) is 16.0 Å². The van der Waals surface area contributed by atoms with Gasteiger partial charge in [-0.2, -0.15) is 0 Å². The number of aliphatic hydroxyl groups excluding tert-OH is 1. The number of Topliss-reactive ketones (excluding diaryl/α,β-unsaturated/α-hetero) is 1. The molecule has 4 aromatic rings. The summed E-state index contributed by atoms with van der Waals surface area (Å²) >= 11 is 1.23. The van der Waals surface area contributed by atoms with Gasteiger partial charge in [0, 0.05) is 5.56 Å². The van der Waals surface area contributed by atoms with Gasteiger partial charge in [-0.3, -0.25) is 14.5 Å². The molecule has 0 bridgehead atoms. The summed E-state index contributed by atoms with van der Waals surface area (Å²) in [7, 11) is 0. The highest BCUT2D eigenvalue weighted by Crippen LogP contribution is 2.46. The fraction of sp³-hybridized carbons (Fsp3) is 0.233. The lowest BCUT2D eigenvalue weighted by Crippen LogP contribution is -2.29. The van der Waals surface area contributed by atoms with E-state index in [1.165, 1.54) is 22.3 Å². The lowest BCUT2D eigenvalue weighted by molar-refractivity contribution is -0.132. The van der Waals surface area contributed by atoms with E-state index < -0.39 is 17.7 Å². The van der Waals surface area contributed by atoms with Gasteiger partial charge in [0.2, 0.25) is 0 Å². The fourth-order valence-electron chi connectivity index (χ4n) is 4.60. The van der Waals surface area contributed by atoms with Crippen LogP contribution in [0.5, 0.6) is 23.0 Å². The Morgan fingerprint density at radius 3 is 2.27 bits per heavy atom. The number of ketones is 1. The molecule has 1 aliphatic rings. The van der Waals surface area contributed by atoms with Gasteiger partial charge >= 0.3 is 5.91 Å². The maximum absolute atomic E-state index is 13.6. The molecule has 1 saturated heterocycles. The highest BCUT2D eigenvalue weighted by Gasteiger charge is 2.48. The predicted molar refractivity (Wildman–Crippen MR) is 152 cm³/mol. The SMILES string of the molecule is CCOc1ccc(C(O)=C2C(=O)C(=O)N(c3nc4ccc(OCC)cc4s3)C2c2ccc(O)c(OCC)c2)cc1. The second kappa shape index (κ2) is 11.3. The summed E-state index contributed by atoms with van der Waals surface area (Å²) in [6.07, 6.45) is 0. The molecular weight excluding hydrogens is 532 g/mol. The number of thiazole rings is 1. The number of nitrogens with zero attached hydrogens (tertiary/aromatic N) is 2. The molecule has 0 radical (unpaired) electrons. The van der Waals surface area contributed by atoms with Crippen LogP contribution in [0, 0.1) is 0 Å². The maximum Gasteiger partial charge on any atom is 0.301 e. The average molecular weight is 561 g/mol. The first-order valence-electron chi connectivity index (χ1n) is 12.9. The number of benzene rings is 3. The second-order valence-corrected chi connectivity index (χ2v) is 9.85. The monoisotopic (exact) mass is 560 g/mol. The number of carbonyl (C=O) groups is 2. The van der Waals surface area contributed by atoms with Crippen LogP contribution in [0.2, 0.25) is 0 Å². The van der Waals surface area contributed by atoms with Crippen molar-refractivity contribution >= 4 is 44.1 Å². The van der Waals surface area contributed by atoms with Crippen molar-refractivity contribution in [3.8, 4) is 23.0 Å². The van der Waals surface area contributed by atoms with Crippen LogP contribution in [0.1, 0.15) is 37.9 Å². The van der Waals surface area contributed by atoms with E-state index >= 15 is 0 Å². The molecule has 1 unspecified atom stereocenters. The van der Waals surface area contributed by atoms with Gasteiger partial charge in [0.25, 0.3) is 5.78 Å². The molecule has 3 aromatic carbocycles. The van der Waals surface area contributed by atoms with Gasteiger partial charge in [-0.25, -0.2) is 4.98 Å². The molecule has 0 saturated carbocycles. The first-order chi connectivity index (χ1) is 19.4. The van der Waals surface area contributed by atoms with Crippen LogP contribution in [-0.2, 0) is 9.59 Å². The van der Waals surface area contributed by atoms with Gasteiger partial charge in [0.05, 0.1) is 41.7 Å². The van der Waals surface area contributed by atoms with E-state index in [1.807, 2.05) is 19.9 Å². The zero-order chi connectivity index (χ0) is 28.4. The van der Waals surface area contributed by atoms with Crippen LogP contribution in [-0.4, -0.2) is 46.7 Å². The summed E-state index contributed by atoms with van der Waals surface area (Å²) in [5.41, 5.74) is 1.34. The Balaban J connectivity index is 1.68. The summed E-state index contributed by atoms with van der Waals surface area (Å²) in [6, 6.07) is 15.6. The van der Waals surface area contributed by atoms with Crippen LogP contribution < -0.4 is 19.1 Å². The standard InChI is InChI=1S/C30H28N2O7S/c1-4-37-19-10-7-17(8-11-19)27(34)25-26(18-9-14-22(33)23(15-18)39-6-3)32(29(36)28(25)35)30-31-21-13-12-20(38-5-2)16-24(21)40-30/h7-16,26,33-34H,4-6H2,1-3H3. The van der Waals surface area contributed by atoms with E-state index in [0.29, 0.717) is 48.0 Å². The normalized spacial score (nSPS) is 16.5. The van der Waals surface area contributed by atoms with Crippen molar-refractivity contribution in [1.82, 2.24) is 4.98 Å². The quantitative estimate of drug-likeness (QED) is 0.149. The van der Waals surface area contributed by atoms with Crippen molar-refractivity contribution in [2.24, 2.45) is 0 Å². The molecule has 0 spiro atoms. The van der Waals surface area contributed by atoms with Gasteiger partial charge < -0.3 is 24.4 Å². The number of anilines is 1. The minimum absolute atomic E-state index is 0.0856. The molecule has 9 nitrogen and oxygen atoms in total. The topological polar surface area (TPSA) is 118 Å². The zero-order valence-electron chi connectivity index (χ0n) is 22.2. The lowest BCUT2D eigenvalue weighted by atomic mass is 9.95. The molecule has 206 valence electrons. The van der Waals surface area contributed by atoms with Crippen molar-refractivity contribution in [1.29, 1.82) is 0 Å². The molecule has 1 amide bonds. The number of aromatic hydroxyl groups is 1. The Bertz CT molecular complexity index is 1610. The highest BCUT2D eigenvalue weighted by molar-refractivity contribution is 7.22. The number of carbonyl (C=O) groups excluding carboxylic acids is 2. The Labute approximate surface area is 234 Å². The average Bonchev–Trinajstić information content (AvgIpc) is 3.48. The van der Waals surface area contributed by atoms with Gasteiger partial charge in [0.15, 0.2) is 16.6 Å². The molecular formula is C30H28N2O7S. The Morgan fingerprint density at radius 1 is 0.900 bits per heavy atom. The van der Waals surface area contributed by atoms with Crippen LogP contribution in [0.3, 0.4) is 0 Å². The maximum atomic E-state index is 13.6. The summed E-state index contributed by atoms with van der Waals surface area (Å²) in [5.74, 6) is -0.630. The number of ether oxygens (including phenoxy) is 3. The third-order valence-electron chi connectivity index (χ3n) is 6.35. The number of aliphatic hydroxyl groups is 1. The van der Waals surface area contributed by atoms with Gasteiger partial charge in [0.1, 0.15) is 17.3 Å². The number of amides is 1. The fourth-order valence-corrected chi connectivity index (χ4v) is 5.62. The summed E-state index contributed by atoms with van der Waals surface area (Å²) in [5, 5.41) is 22.0. The smallest absolute Gasteiger partial charge is 0.301 e. The van der Waals surface area contributed by atoms with Crippen LogP contribution in [0.4, 0.5) is 5.13 Å². The largest absolute Gasteiger partial charge is 0.507 e. The molecule has 1 aliphatic heterocycles. The predicted octanol–water partition coefficient (Wildman–Crippen LogP) is 5.82. The van der Waals surface area contributed by atoms with E-state index in [1.54, 1.807) is 55.5 Å². The van der Waals surface area contributed by atoms with Crippen molar-refractivity contribution in [3.05, 3.63) is 77.4 Å². The van der Waals surface area contributed by atoms with Crippen molar-refractivity contribution < 1.29 is 34.0 Å². The number of phenolic OH excluding ortho intramolecular Hbond substituents is 1. The van der Waals surface area contributed by atoms with Gasteiger partial charge in [-0.05, 0) is 80.9 Å². The van der Waals surface area contributed by atoms with Gasteiger partial charge in [-0.15, -0.1) is 0 Å².